The summed E-state index contributed by atoms with van der Waals surface area (Å²) in [6, 6.07) is 0.305. The van der Waals surface area contributed by atoms with Crippen LogP contribution in [0.5, 0.6) is 0 Å². The highest BCUT2D eigenvalue weighted by atomic mass is 32.2. The normalized spacial score (nSPS) is 23.4. The van der Waals surface area contributed by atoms with Crippen LogP contribution in [0.25, 0.3) is 0 Å². The van der Waals surface area contributed by atoms with Crippen molar-refractivity contribution in [2.24, 2.45) is 11.7 Å². The summed E-state index contributed by atoms with van der Waals surface area (Å²) in [6.45, 7) is 2.75. The lowest BCUT2D eigenvalue weighted by Gasteiger charge is -2.26. The minimum atomic E-state index is -0.337. The van der Waals surface area contributed by atoms with Gasteiger partial charge in [-0.3, -0.25) is 9.59 Å². The number of primary amides is 1. The maximum Gasteiger partial charge on any atom is 0.230 e. The molecule has 8 heteroatoms. The first-order valence-electron chi connectivity index (χ1n) is 9.16. The van der Waals surface area contributed by atoms with Crippen molar-refractivity contribution in [2.75, 3.05) is 5.75 Å². The molecule has 2 saturated carbocycles. The molecule has 0 aliphatic heterocycles. The molecule has 2 fully saturated rings. The van der Waals surface area contributed by atoms with Crippen LogP contribution in [0, 0.1) is 5.92 Å². The van der Waals surface area contributed by atoms with E-state index in [4.69, 9.17) is 5.73 Å². The quantitative estimate of drug-likeness (QED) is 0.684. The second-order valence-corrected chi connectivity index (χ2v) is 8.24. The number of nitrogens with one attached hydrogen (secondary N) is 1. The highest BCUT2D eigenvalue weighted by Gasteiger charge is 2.30. The fourth-order valence-electron chi connectivity index (χ4n) is 3.29. The van der Waals surface area contributed by atoms with Crippen LogP contribution < -0.4 is 11.1 Å². The molecule has 0 unspecified atom stereocenters. The van der Waals surface area contributed by atoms with Gasteiger partial charge in [-0.25, -0.2) is 0 Å². The third-order valence-corrected chi connectivity index (χ3v) is 5.95. The SMILES string of the molecule is CC1CCC(NC(=O)CSc2nnc(C3CC3)n2CCC(N)=O)CC1. The number of aromatic nitrogens is 3. The number of hydrogen-bond donors (Lipinski definition) is 2. The van der Waals surface area contributed by atoms with Crippen molar-refractivity contribution in [2.45, 2.75) is 75.5 Å². The predicted molar refractivity (Wildman–Crippen MR) is 96.1 cm³/mol. The van der Waals surface area contributed by atoms with Crippen LogP contribution in [0.15, 0.2) is 5.16 Å². The third-order valence-electron chi connectivity index (χ3n) is 4.98. The summed E-state index contributed by atoms with van der Waals surface area (Å²) in [5.41, 5.74) is 5.27. The highest BCUT2D eigenvalue weighted by Crippen LogP contribution is 2.40. The van der Waals surface area contributed by atoms with E-state index in [0.717, 1.165) is 37.4 Å². The van der Waals surface area contributed by atoms with Gasteiger partial charge in [0.25, 0.3) is 0 Å². The average molecular weight is 366 g/mol. The van der Waals surface area contributed by atoms with Gasteiger partial charge in [0, 0.05) is 24.9 Å². The molecule has 0 radical (unpaired) electrons. The van der Waals surface area contributed by atoms with Crippen molar-refractivity contribution in [3.63, 3.8) is 0 Å². The predicted octanol–water partition coefficient (Wildman–Crippen LogP) is 1.82. The molecule has 1 aromatic rings. The van der Waals surface area contributed by atoms with Crippen LogP contribution in [0.1, 0.15) is 63.6 Å². The molecule has 0 bridgehead atoms. The van der Waals surface area contributed by atoms with E-state index in [9.17, 15) is 9.59 Å². The molecule has 1 aromatic heterocycles. The van der Waals surface area contributed by atoms with Gasteiger partial charge in [0.1, 0.15) is 5.82 Å². The number of thioether (sulfide) groups is 1. The second-order valence-electron chi connectivity index (χ2n) is 7.30. The molecule has 2 amide bonds. The van der Waals surface area contributed by atoms with Gasteiger partial charge in [-0.1, -0.05) is 18.7 Å². The summed E-state index contributed by atoms with van der Waals surface area (Å²) in [5, 5.41) is 12.3. The van der Waals surface area contributed by atoms with Gasteiger partial charge in [0.15, 0.2) is 5.16 Å². The fraction of sp³-hybridized carbons (Fsp3) is 0.765. The van der Waals surface area contributed by atoms with Crippen molar-refractivity contribution >= 4 is 23.6 Å². The lowest BCUT2D eigenvalue weighted by atomic mass is 9.87. The Morgan fingerprint density at radius 2 is 1.92 bits per heavy atom. The first kappa shape index (κ1) is 18.2. The van der Waals surface area contributed by atoms with E-state index in [2.05, 4.69) is 22.4 Å². The van der Waals surface area contributed by atoms with Crippen LogP contribution in [0.3, 0.4) is 0 Å². The van der Waals surface area contributed by atoms with Crippen molar-refractivity contribution in [1.29, 1.82) is 0 Å². The van der Waals surface area contributed by atoms with Gasteiger partial charge < -0.3 is 15.6 Å². The van der Waals surface area contributed by atoms with Crippen molar-refractivity contribution in [1.82, 2.24) is 20.1 Å². The molecule has 3 rings (SSSR count). The number of amides is 2. The number of nitrogens with two attached hydrogens (primary N) is 1. The molecular formula is C17H27N5O2S. The van der Waals surface area contributed by atoms with E-state index in [1.165, 1.54) is 24.6 Å². The van der Waals surface area contributed by atoms with Crippen LogP contribution >= 0.6 is 11.8 Å². The smallest absolute Gasteiger partial charge is 0.230 e. The maximum absolute atomic E-state index is 12.2. The van der Waals surface area contributed by atoms with Gasteiger partial charge in [-0.15, -0.1) is 10.2 Å². The van der Waals surface area contributed by atoms with Crippen LogP contribution in [0.4, 0.5) is 0 Å². The summed E-state index contributed by atoms with van der Waals surface area (Å²) in [5.74, 6) is 2.16. The summed E-state index contributed by atoms with van der Waals surface area (Å²) < 4.78 is 1.96. The molecule has 2 aliphatic carbocycles. The molecular weight excluding hydrogens is 338 g/mol. The summed E-state index contributed by atoms with van der Waals surface area (Å²) in [7, 11) is 0. The molecule has 7 nitrogen and oxygen atoms in total. The monoisotopic (exact) mass is 365 g/mol. The average Bonchev–Trinajstić information content (AvgIpc) is 3.34. The molecule has 138 valence electrons. The Morgan fingerprint density at radius 3 is 2.56 bits per heavy atom. The van der Waals surface area contributed by atoms with Gasteiger partial charge >= 0.3 is 0 Å². The van der Waals surface area contributed by atoms with Gasteiger partial charge in [0.2, 0.25) is 11.8 Å². The number of nitrogens with zero attached hydrogens (tertiary/aromatic N) is 3. The van der Waals surface area contributed by atoms with Gasteiger partial charge in [-0.2, -0.15) is 0 Å². The summed E-state index contributed by atoms with van der Waals surface area (Å²) in [6.07, 6.45) is 6.99. The largest absolute Gasteiger partial charge is 0.370 e. The standard InChI is InChI=1S/C17H27N5O2S/c1-11-2-6-13(7-3-11)19-15(24)10-25-17-21-20-16(12-4-5-12)22(17)9-8-14(18)23/h11-13H,2-10H2,1H3,(H2,18,23)(H,19,24). The maximum atomic E-state index is 12.2. The Hall–Kier alpha value is -1.57. The van der Waals surface area contributed by atoms with Crippen molar-refractivity contribution < 1.29 is 9.59 Å². The minimum absolute atomic E-state index is 0.0435. The van der Waals surface area contributed by atoms with Crippen LogP contribution in [-0.4, -0.2) is 38.4 Å². The Labute approximate surface area is 152 Å². The Balaban J connectivity index is 1.53. The van der Waals surface area contributed by atoms with Gasteiger partial charge in [-0.05, 0) is 44.4 Å². The lowest BCUT2D eigenvalue weighted by molar-refractivity contribution is -0.120. The zero-order valence-electron chi connectivity index (χ0n) is 14.7. The molecule has 2 aliphatic rings. The van der Waals surface area contributed by atoms with Crippen molar-refractivity contribution in [3.8, 4) is 0 Å². The fourth-order valence-corrected chi connectivity index (χ4v) is 4.07. The summed E-state index contributed by atoms with van der Waals surface area (Å²) >= 11 is 1.39. The van der Waals surface area contributed by atoms with E-state index < -0.39 is 0 Å². The topological polar surface area (TPSA) is 103 Å². The number of rotatable bonds is 8. The van der Waals surface area contributed by atoms with E-state index in [-0.39, 0.29) is 18.2 Å². The molecule has 3 N–H and O–H groups in total. The Morgan fingerprint density at radius 1 is 1.20 bits per heavy atom. The van der Waals surface area contributed by atoms with E-state index in [1.54, 1.807) is 0 Å². The molecule has 0 atom stereocenters. The first-order chi connectivity index (χ1) is 12.0. The number of carbonyl (C=O) groups excluding carboxylic acids is 2. The van der Waals surface area contributed by atoms with Crippen LogP contribution in [0.2, 0.25) is 0 Å². The Kier molecular flexibility index (Phi) is 5.98. The highest BCUT2D eigenvalue weighted by molar-refractivity contribution is 7.99. The van der Waals surface area contributed by atoms with E-state index >= 15 is 0 Å². The zero-order chi connectivity index (χ0) is 17.8. The van der Waals surface area contributed by atoms with E-state index in [1.807, 2.05) is 4.57 Å². The Bertz CT molecular complexity index is 621. The number of carbonyl (C=O) groups is 2. The minimum Gasteiger partial charge on any atom is -0.370 e. The third kappa shape index (κ3) is 5.20. The van der Waals surface area contributed by atoms with Crippen LogP contribution in [-0.2, 0) is 16.1 Å². The molecule has 0 aromatic carbocycles. The van der Waals surface area contributed by atoms with Gasteiger partial charge in [0.05, 0.1) is 5.75 Å². The molecule has 25 heavy (non-hydrogen) atoms. The lowest BCUT2D eigenvalue weighted by Crippen LogP contribution is -2.38. The number of hydrogen-bond acceptors (Lipinski definition) is 5. The molecule has 0 saturated heterocycles. The zero-order valence-corrected chi connectivity index (χ0v) is 15.6. The first-order valence-corrected chi connectivity index (χ1v) is 10.1. The second kappa shape index (κ2) is 8.21. The summed E-state index contributed by atoms with van der Waals surface area (Å²) in [4.78, 5) is 23.3. The van der Waals surface area contributed by atoms with E-state index in [0.29, 0.717) is 29.4 Å². The molecule has 1 heterocycles. The van der Waals surface area contributed by atoms with Crippen molar-refractivity contribution in [3.05, 3.63) is 5.82 Å². The molecule has 0 spiro atoms.